The third kappa shape index (κ3) is 3.33. The maximum Gasteiger partial charge on any atom is 0.245 e. The van der Waals surface area contributed by atoms with Gasteiger partial charge in [-0.3, -0.25) is 4.79 Å². The number of carbonyl (C=O) groups excluding carboxylic acids is 1. The molecule has 0 bridgehead atoms. The fourth-order valence-electron chi connectivity index (χ4n) is 2.42. The molecule has 2 aromatic rings. The van der Waals surface area contributed by atoms with Crippen LogP contribution in [0.25, 0.3) is 0 Å². The van der Waals surface area contributed by atoms with Crippen molar-refractivity contribution in [3.63, 3.8) is 0 Å². The lowest BCUT2D eigenvalue weighted by Gasteiger charge is -2.23. The molecule has 0 spiro atoms. The Morgan fingerprint density at radius 2 is 2.33 bits per heavy atom. The number of para-hydroxylation sites is 2. The minimum absolute atomic E-state index is 0.0268. The topological polar surface area (TPSA) is 57.3 Å². The number of thiazole rings is 1. The molecule has 0 fully saturated rings. The summed E-state index contributed by atoms with van der Waals surface area (Å²) < 4.78 is 0. The van der Waals surface area contributed by atoms with Crippen molar-refractivity contribution in [3.05, 3.63) is 35.3 Å². The molecule has 2 N–H and O–H groups in total. The minimum Gasteiger partial charge on any atom is -0.383 e. The van der Waals surface area contributed by atoms with Gasteiger partial charge in [-0.15, -0.1) is 11.3 Å². The van der Waals surface area contributed by atoms with Crippen LogP contribution >= 0.6 is 11.3 Å². The number of benzene rings is 1. The molecule has 0 saturated carbocycles. The number of nitrogens with zero attached hydrogens (tertiary/aromatic N) is 2. The van der Waals surface area contributed by atoms with Gasteiger partial charge in [0.1, 0.15) is 0 Å². The van der Waals surface area contributed by atoms with Crippen molar-refractivity contribution in [3.8, 4) is 0 Å². The Balaban J connectivity index is 1.70. The van der Waals surface area contributed by atoms with Crippen LogP contribution in [0.4, 0.5) is 16.5 Å². The first-order valence-corrected chi connectivity index (χ1v) is 7.90. The molecule has 3 rings (SSSR count). The molecule has 21 heavy (non-hydrogen) atoms. The third-order valence-corrected chi connectivity index (χ3v) is 4.24. The van der Waals surface area contributed by atoms with E-state index < -0.39 is 0 Å². The Labute approximate surface area is 128 Å². The number of hydrogen-bond donors (Lipinski definition) is 2. The van der Waals surface area contributed by atoms with E-state index in [0.717, 1.165) is 36.6 Å². The molecule has 2 heterocycles. The first-order valence-electron chi connectivity index (χ1n) is 7.02. The number of aromatic nitrogens is 1. The molecule has 1 aliphatic rings. The van der Waals surface area contributed by atoms with Crippen molar-refractivity contribution in [1.82, 2.24) is 4.98 Å². The number of carbonyl (C=O) groups is 1. The molecule has 1 aromatic heterocycles. The van der Waals surface area contributed by atoms with E-state index in [9.17, 15) is 4.79 Å². The Morgan fingerprint density at radius 1 is 1.48 bits per heavy atom. The number of amides is 1. The van der Waals surface area contributed by atoms with Crippen molar-refractivity contribution in [1.29, 1.82) is 0 Å². The molecule has 1 amide bonds. The van der Waals surface area contributed by atoms with Gasteiger partial charge in [0, 0.05) is 18.5 Å². The van der Waals surface area contributed by atoms with E-state index in [2.05, 4.69) is 32.7 Å². The van der Waals surface area contributed by atoms with Gasteiger partial charge >= 0.3 is 0 Å². The smallest absolute Gasteiger partial charge is 0.245 e. The minimum atomic E-state index is -0.0268. The molecule has 110 valence electrons. The van der Waals surface area contributed by atoms with E-state index in [4.69, 9.17) is 0 Å². The van der Waals surface area contributed by atoms with Gasteiger partial charge in [-0.25, -0.2) is 4.98 Å². The molecule has 5 nitrogen and oxygen atoms in total. The Hall–Kier alpha value is -2.08. The summed E-state index contributed by atoms with van der Waals surface area (Å²) in [7, 11) is 0. The van der Waals surface area contributed by atoms with Gasteiger partial charge < -0.3 is 15.5 Å². The molecule has 1 aromatic carbocycles. The van der Waals surface area contributed by atoms with Gasteiger partial charge in [0.2, 0.25) is 5.91 Å². The Bertz CT molecular complexity index is 640. The van der Waals surface area contributed by atoms with Crippen LogP contribution in [-0.2, 0) is 4.79 Å². The number of aryl methyl sites for hydroxylation is 1. The molecule has 1 aliphatic heterocycles. The highest BCUT2D eigenvalue weighted by Gasteiger charge is 2.17. The SMILES string of the molecule is Cc1csc(NC(=O)CN2CCCNc3ccccc32)n1. The molecular weight excluding hydrogens is 284 g/mol. The van der Waals surface area contributed by atoms with Crippen LogP contribution in [0.3, 0.4) is 0 Å². The van der Waals surface area contributed by atoms with E-state index >= 15 is 0 Å². The van der Waals surface area contributed by atoms with Gasteiger partial charge in [0.05, 0.1) is 23.6 Å². The zero-order valence-corrected chi connectivity index (χ0v) is 12.7. The average Bonchev–Trinajstić information content (AvgIpc) is 2.77. The average molecular weight is 302 g/mol. The maximum atomic E-state index is 12.2. The van der Waals surface area contributed by atoms with Gasteiger partial charge in [-0.1, -0.05) is 12.1 Å². The standard InChI is InChI=1S/C15H18N4OS/c1-11-10-21-15(17-11)18-14(20)9-19-8-4-7-16-12-5-2-3-6-13(12)19/h2-3,5-6,10,16H,4,7-9H2,1H3,(H,17,18,20). The largest absolute Gasteiger partial charge is 0.383 e. The van der Waals surface area contributed by atoms with Gasteiger partial charge in [-0.05, 0) is 25.5 Å². The van der Waals surface area contributed by atoms with Gasteiger partial charge in [0.15, 0.2) is 5.13 Å². The summed E-state index contributed by atoms with van der Waals surface area (Å²) in [6, 6.07) is 8.11. The normalized spacial score (nSPS) is 14.0. The number of rotatable bonds is 3. The predicted molar refractivity (Wildman–Crippen MR) is 87.2 cm³/mol. The highest BCUT2D eigenvalue weighted by Crippen LogP contribution is 2.27. The highest BCUT2D eigenvalue weighted by molar-refractivity contribution is 7.13. The van der Waals surface area contributed by atoms with Gasteiger partial charge in [-0.2, -0.15) is 0 Å². The predicted octanol–water partition coefficient (Wildman–Crippen LogP) is 2.71. The monoisotopic (exact) mass is 302 g/mol. The lowest BCUT2D eigenvalue weighted by atomic mass is 10.2. The first kappa shape index (κ1) is 13.9. The van der Waals surface area contributed by atoms with Crippen molar-refractivity contribution in [2.24, 2.45) is 0 Å². The summed E-state index contributed by atoms with van der Waals surface area (Å²) in [5.74, 6) is -0.0268. The number of hydrogen-bond acceptors (Lipinski definition) is 5. The molecule has 0 radical (unpaired) electrons. The molecule has 6 heteroatoms. The fraction of sp³-hybridized carbons (Fsp3) is 0.333. The zero-order chi connectivity index (χ0) is 14.7. The lowest BCUT2D eigenvalue weighted by molar-refractivity contribution is -0.115. The second-order valence-corrected chi connectivity index (χ2v) is 5.92. The van der Waals surface area contributed by atoms with E-state index in [0.29, 0.717) is 11.7 Å². The quantitative estimate of drug-likeness (QED) is 0.915. The molecule has 0 unspecified atom stereocenters. The highest BCUT2D eigenvalue weighted by atomic mass is 32.1. The Morgan fingerprint density at radius 3 is 3.14 bits per heavy atom. The second kappa shape index (κ2) is 6.13. The van der Waals surface area contributed by atoms with Crippen molar-refractivity contribution >= 4 is 33.8 Å². The second-order valence-electron chi connectivity index (χ2n) is 5.06. The van der Waals surface area contributed by atoms with E-state index in [-0.39, 0.29) is 5.91 Å². The van der Waals surface area contributed by atoms with Crippen molar-refractivity contribution in [2.45, 2.75) is 13.3 Å². The summed E-state index contributed by atoms with van der Waals surface area (Å²) in [6.07, 6.45) is 1.01. The number of anilines is 3. The molecule has 0 aliphatic carbocycles. The molecule has 0 saturated heterocycles. The van der Waals surface area contributed by atoms with Crippen LogP contribution < -0.4 is 15.5 Å². The summed E-state index contributed by atoms with van der Waals surface area (Å²) in [6.45, 7) is 4.06. The number of nitrogens with one attached hydrogen (secondary N) is 2. The van der Waals surface area contributed by atoms with Crippen LogP contribution in [0, 0.1) is 6.92 Å². The fourth-order valence-corrected chi connectivity index (χ4v) is 3.12. The summed E-state index contributed by atoms with van der Waals surface area (Å²) >= 11 is 1.46. The maximum absolute atomic E-state index is 12.2. The third-order valence-electron chi connectivity index (χ3n) is 3.36. The first-order chi connectivity index (χ1) is 10.2. The summed E-state index contributed by atoms with van der Waals surface area (Å²) in [5.41, 5.74) is 3.10. The zero-order valence-electron chi connectivity index (χ0n) is 11.9. The van der Waals surface area contributed by atoms with Crippen LogP contribution in [0.5, 0.6) is 0 Å². The van der Waals surface area contributed by atoms with Crippen molar-refractivity contribution in [2.75, 3.05) is 35.2 Å². The van der Waals surface area contributed by atoms with Crippen LogP contribution in [0.15, 0.2) is 29.6 Å². The number of fused-ring (bicyclic) bond motifs is 1. The van der Waals surface area contributed by atoms with E-state index in [1.54, 1.807) is 0 Å². The Kier molecular flexibility index (Phi) is 4.06. The van der Waals surface area contributed by atoms with E-state index in [1.165, 1.54) is 11.3 Å². The van der Waals surface area contributed by atoms with Crippen LogP contribution in [-0.4, -0.2) is 30.5 Å². The van der Waals surface area contributed by atoms with Crippen LogP contribution in [0.2, 0.25) is 0 Å². The van der Waals surface area contributed by atoms with Crippen molar-refractivity contribution < 1.29 is 4.79 Å². The lowest BCUT2D eigenvalue weighted by Crippen LogP contribution is -2.33. The summed E-state index contributed by atoms with van der Waals surface area (Å²) in [4.78, 5) is 18.6. The van der Waals surface area contributed by atoms with Gasteiger partial charge in [0.25, 0.3) is 0 Å². The molecule has 0 atom stereocenters. The summed E-state index contributed by atoms with van der Waals surface area (Å²) in [5, 5.41) is 8.86. The van der Waals surface area contributed by atoms with Crippen LogP contribution in [0.1, 0.15) is 12.1 Å². The molecular formula is C15H18N4OS. The van der Waals surface area contributed by atoms with E-state index in [1.807, 2.05) is 24.4 Å².